The first-order valence-corrected chi connectivity index (χ1v) is 19.8. The van der Waals surface area contributed by atoms with Gasteiger partial charge in [0.25, 0.3) is 0 Å². The molecule has 0 fully saturated rings. The number of nitrogens with one attached hydrogen (secondary N) is 2. The lowest BCUT2D eigenvalue weighted by molar-refractivity contribution is 0.632. The average Bonchev–Trinajstić information content (AvgIpc) is 3.26. The maximum atomic E-state index is 6.54. The predicted octanol–water partition coefficient (Wildman–Crippen LogP) is 12.6. The van der Waals surface area contributed by atoms with Crippen molar-refractivity contribution >= 4 is 56.9 Å². The molecule has 6 nitrogen and oxygen atoms in total. The van der Waals surface area contributed by atoms with E-state index in [1.807, 2.05) is 36.7 Å². The van der Waals surface area contributed by atoms with Gasteiger partial charge >= 0.3 is 0 Å². The van der Waals surface area contributed by atoms with Crippen LogP contribution in [0.5, 0.6) is 0 Å². The molecule has 2 heterocycles. The van der Waals surface area contributed by atoms with E-state index in [2.05, 4.69) is 194 Å². The van der Waals surface area contributed by atoms with Gasteiger partial charge < -0.3 is 31.9 Å². The summed E-state index contributed by atoms with van der Waals surface area (Å²) in [7, 11) is 0. The fraction of sp³-hybridized carbons (Fsp3) is 0.115. The van der Waals surface area contributed by atoms with Crippen LogP contribution >= 0.6 is 0 Å². The van der Waals surface area contributed by atoms with Gasteiger partial charge in [-0.1, -0.05) is 125 Å². The van der Waals surface area contributed by atoms with Crippen LogP contribution in [0.3, 0.4) is 0 Å². The summed E-state index contributed by atoms with van der Waals surface area (Å²) in [5.74, 6) is 0. The number of rotatable bonds is 8. The van der Waals surface area contributed by atoms with Gasteiger partial charge in [-0.25, -0.2) is 0 Å². The lowest BCUT2D eigenvalue weighted by atomic mass is 9.73. The maximum absolute atomic E-state index is 6.54. The standard InChI is InChI=1S/C52H48N6/c1-51(2)41-13-5-9-17-47(41)57(48-18-10-6-14-42(48)51)39-29-25-37(26-30-39)55-33-45(53)35-21-23-36(24-22-35)46(54)34-56-38-27-31-40(32-28-38)58-49-19-11-7-15-43(49)52(3,4)44-16-8-12-20-50(44)58/h5-34,55-56H,53-54H2,1-4H3/b45-33-,46-34-. The smallest absolute Gasteiger partial charge is 0.0550 e. The molecule has 58 heavy (non-hydrogen) atoms. The van der Waals surface area contributed by atoms with Crippen molar-refractivity contribution in [3.05, 3.63) is 216 Å². The monoisotopic (exact) mass is 756 g/mol. The zero-order chi connectivity index (χ0) is 40.0. The van der Waals surface area contributed by atoms with Crippen LogP contribution in [0.4, 0.5) is 45.5 Å². The van der Waals surface area contributed by atoms with Gasteiger partial charge in [-0.3, -0.25) is 0 Å². The molecule has 6 N–H and O–H groups in total. The second-order valence-corrected chi connectivity index (χ2v) is 16.1. The highest BCUT2D eigenvalue weighted by molar-refractivity contribution is 5.87. The lowest BCUT2D eigenvalue weighted by Gasteiger charge is -2.42. The molecular formula is C52H48N6. The van der Waals surface area contributed by atoms with Crippen LogP contribution in [-0.2, 0) is 10.8 Å². The Morgan fingerprint density at radius 3 is 0.966 bits per heavy atom. The van der Waals surface area contributed by atoms with Gasteiger partial charge in [0.15, 0.2) is 0 Å². The van der Waals surface area contributed by atoms with Crippen LogP contribution in [0, 0.1) is 0 Å². The minimum absolute atomic E-state index is 0.0911. The van der Waals surface area contributed by atoms with E-state index in [0.29, 0.717) is 11.4 Å². The van der Waals surface area contributed by atoms with E-state index in [4.69, 9.17) is 11.5 Å². The molecular weight excluding hydrogens is 709 g/mol. The van der Waals surface area contributed by atoms with E-state index >= 15 is 0 Å². The number of hydrogen-bond acceptors (Lipinski definition) is 6. The van der Waals surface area contributed by atoms with Crippen LogP contribution in [0.15, 0.2) is 182 Å². The molecule has 0 spiro atoms. The van der Waals surface area contributed by atoms with Crippen molar-refractivity contribution in [2.75, 3.05) is 20.4 Å². The maximum Gasteiger partial charge on any atom is 0.0550 e. The van der Waals surface area contributed by atoms with Crippen LogP contribution in [-0.4, -0.2) is 0 Å². The molecule has 6 heteroatoms. The van der Waals surface area contributed by atoms with E-state index in [0.717, 1.165) is 33.9 Å². The lowest BCUT2D eigenvalue weighted by Crippen LogP contribution is -2.30. The molecule has 7 aromatic carbocycles. The summed E-state index contributed by atoms with van der Waals surface area (Å²) >= 11 is 0. The Hall–Kier alpha value is -7.18. The molecule has 286 valence electrons. The summed E-state index contributed by atoms with van der Waals surface area (Å²) in [6, 6.07) is 59.7. The number of anilines is 8. The highest BCUT2D eigenvalue weighted by atomic mass is 15.2. The molecule has 0 saturated heterocycles. The topological polar surface area (TPSA) is 82.6 Å². The van der Waals surface area contributed by atoms with Crippen molar-refractivity contribution in [1.82, 2.24) is 0 Å². The molecule has 0 radical (unpaired) electrons. The third-order valence-corrected chi connectivity index (χ3v) is 11.9. The number of nitrogens with two attached hydrogens (primary N) is 2. The summed E-state index contributed by atoms with van der Waals surface area (Å²) in [5, 5.41) is 6.77. The Kier molecular flexibility index (Phi) is 9.05. The summed E-state index contributed by atoms with van der Waals surface area (Å²) < 4.78 is 0. The van der Waals surface area contributed by atoms with Gasteiger partial charge in [-0.15, -0.1) is 0 Å². The fourth-order valence-electron chi connectivity index (χ4n) is 8.65. The van der Waals surface area contributed by atoms with Crippen LogP contribution in [0.1, 0.15) is 61.1 Å². The molecule has 2 aliphatic heterocycles. The average molecular weight is 757 g/mol. The van der Waals surface area contributed by atoms with E-state index in [1.54, 1.807) is 0 Å². The predicted molar refractivity (Wildman–Crippen MR) is 245 cm³/mol. The summed E-state index contributed by atoms with van der Waals surface area (Å²) in [6.45, 7) is 9.21. The van der Waals surface area contributed by atoms with Crippen LogP contribution < -0.4 is 31.9 Å². The van der Waals surface area contributed by atoms with E-state index in [1.165, 1.54) is 45.0 Å². The first-order valence-electron chi connectivity index (χ1n) is 19.8. The molecule has 0 atom stereocenters. The Balaban J connectivity index is 0.859. The van der Waals surface area contributed by atoms with Gasteiger partial charge in [0.05, 0.1) is 34.1 Å². The fourth-order valence-corrected chi connectivity index (χ4v) is 8.65. The highest BCUT2D eigenvalue weighted by Crippen LogP contribution is 2.53. The van der Waals surface area contributed by atoms with Gasteiger partial charge in [0.2, 0.25) is 0 Å². The van der Waals surface area contributed by atoms with Crippen molar-refractivity contribution in [3.8, 4) is 0 Å². The largest absolute Gasteiger partial charge is 0.397 e. The third kappa shape index (κ3) is 6.33. The van der Waals surface area contributed by atoms with E-state index in [9.17, 15) is 0 Å². The Morgan fingerprint density at radius 2 is 0.672 bits per heavy atom. The minimum atomic E-state index is -0.0911. The summed E-state index contributed by atoms with van der Waals surface area (Å²) in [5.41, 5.74) is 30.1. The number of nitrogens with zero attached hydrogens (tertiary/aromatic N) is 2. The molecule has 0 bridgehead atoms. The van der Waals surface area contributed by atoms with Crippen molar-refractivity contribution in [2.45, 2.75) is 38.5 Å². The van der Waals surface area contributed by atoms with Crippen molar-refractivity contribution in [2.24, 2.45) is 11.5 Å². The van der Waals surface area contributed by atoms with Gasteiger partial charge in [0, 0.05) is 46.0 Å². The molecule has 9 rings (SSSR count). The number of benzene rings is 7. The van der Waals surface area contributed by atoms with E-state index < -0.39 is 0 Å². The number of fused-ring (bicyclic) bond motifs is 4. The van der Waals surface area contributed by atoms with Crippen LogP contribution in [0.2, 0.25) is 0 Å². The third-order valence-electron chi connectivity index (χ3n) is 11.9. The van der Waals surface area contributed by atoms with Crippen molar-refractivity contribution in [1.29, 1.82) is 0 Å². The second kappa shape index (κ2) is 14.4. The highest BCUT2D eigenvalue weighted by Gasteiger charge is 2.37. The number of hydrogen-bond donors (Lipinski definition) is 4. The van der Waals surface area contributed by atoms with Gasteiger partial charge in [-0.05, 0) is 106 Å². The Bertz CT molecular complexity index is 2400. The molecule has 0 aliphatic carbocycles. The zero-order valence-corrected chi connectivity index (χ0v) is 33.4. The first kappa shape index (κ1) is 36.5. The normalized spacial score (nSPS) is 15.1. The Morgan fingerprint density at radius 1 is 0.397 bits per heavy atom. The van der Waals surface area contributed by atoms with Crippen LogP contribution in [0.25, 0.3) is 11.4 Å². The van der Waals surface area contributed by atoms with Gasteiger partial charge in [0.1, 0.15) is 0 Å². The molecule has 0 saturated carbocycles. The Labute approximate surface area is 341 Å². The second-order valence-electron chi connectivity index (χ2n) is 16.1. The van der Waals surface area contributed by atoms with Crippen molar-refractivity contribution < 1.29 is 0 Å². The minimum Gasteiger partial charge on any atom is -0.397 e. The molecule has 2 aliphatic rings. The van der Waals surface area contributed by atoms with Crippen molar-refractivity contribution in [3.63, 3.8) is 0 Å². The quantitative estimate of drug-likeness (QED) is 0.124. The number of para-hydroxylation sites is 4. The molecule has 0 unspecified atom stereocenters. The summed E-state index contributed by atoms with van der Waals surface area (Å²) in [6.07, 6.45) is 3.68. The van der Waals surface area contributed by atoms with Gasteiger partial charge in [-0.2, -0.15) is 0 Å². The molecule has 0 aromatic heterocycles. The SMILES string of the molecule is CC1(C)c2ccccc2N(c2ccc(N/C=C(\N)c3ccc(/C(N)=C/Nc4ccc(N5c6ccccc6C(C)(C)c6ccccc65)cc4)cc3)cc2)c2ccccc21. The molecule has 0 amide bonds. The van der Waals surface area contributed by atoms with E-state index in [-0.39, 0.29) is 10.8 Å². The first-order chi connectivity index (χ1) is 28.1. The summed E-state index contributed by atoms with van der Waals surface area (Å²) in [4.78, 5) is 4.71. The molecule has 7 aromatic rings. The zero-order valence-electron chi connectivity index (χ0n) is 33.4.